The van der Waals surface area contributed by atoms with Crippen LogP contribution in [0.4, 0.5) is 0 Å². The molecule has 0 bridgehead atoms. The van der Waals surface area contributed by atoms with Crippen LogP contribution in [-0.2, 0) is 4.74 Å². The fourth-order valence-electron chi connectivity index (χ4n) is 1.66. The average Bonchev–Trinajstić information content (AvgIpc) is 2.32. The van der Waals surface area contributed by atoms with E-state index in [1.54, 1.807) is 0 Å². The number of hydrogen-bond donors (Lipinski definition) is 3. The molecule has 4 heteroatoms. The zero-order valence-electron chi connectivity index (χ0n) is 6.47. The minimum atomic E-state index is -0.719. The molecule has 0 aromatic rings. The van der Waals surface area contributed by atoms with Gasteiger partial charge in [-0.1, -0.05) is 0 Å². The standard InChI is InChI=1S/C7H14N2O2/c8-6(1-2-11-5-6)7(10)3-9-4-7/h9-10H,1-5,8H2. The zero-order valence-corrected chi connectivity index (χ0v) is 6.47. The van der Waals surface area contributed by atoms with Gasteiger partial charge in [0.1, 0.15) is 5.60 Å². The molecule has 0 spiro atoms. The van der Waals surface area contributed by atoms with E-state index in [1.807, 2.05) is 0 Å². The van der Waals surface area contributed by atoms with Crippen molar-refractivity contribution in [3.63, 3.8) is 0 Å². The van der Waals surface area contributed by atoms with Crippen LogP contribution in [0.15, 0.2) is 0 Å². The van der Waals surface area contributed by atoms with Crippen LogP contribution < -0.4 is 11.1 Å². The topological polar surface area (TPSA) is 67.5 Å². The highest BCUT2D eigenvalue weighted by molar-refractivity contribution is 5.12. The summed E-state index contributed by atoms with van der Waals surface area (Å²) in [6, 6.07) is 0. The molecule has 1 atom stereocenters. The van der Waals surface area contributed by atoms with Gasteiger partial charge in [-0.2, -0.15) is 0 Å². The summed E-state index contributed by atoms with van der Waals surface area (Å²) in [7, 11) is 0. The molecule has 2 aliphatic heterocycles. The number of hydrogen-bond acceptors (Lipinski definition) is 4. The third-order valence-electron chi connectivity index (χ3n) is 2.81. The van der Waals surface area contributed by atoms with Gasteiger partial charge in [0.25, 0.3) is 0 Å². The maximum Gasteiger partial charge on any atom is 0.110 e. The highest BCUT2D eigenvalue weighted by Crippen LogP contribution is 2.31. The van der Waals surface area contributed by atoms with Gasteiger partial charge in [0, 0.05) is 19.7 Å². The van der Waals surface area contributed by atoms with Crippen molar-refractivity contribution in [2.75, 3.05) is 26.3 Å². The molecule has 2 aliphatic rings. The van der Waals surface area contributed by atoms with Crippen molar-refractivity contribution in [1.29, 1.82) is 0 Å². The monoisotopic (exact) mass is 158 g/mol. The number of ether oxygens (including phenoxy) is 1. The summed E-state index contributed by atoms with van der Waals surface area (Å²) in [5.74, 6) is 0. The first-order valence-electron chi connectivity index (χ1n) is 3.96. The molecule has 64 valence electrons. The van der Waals surface area contributed by atoms with Crippen molar-refractivity contribution >= 4 is 0 Å². The van der Waals surface area contributed by atoms with E-state index in [1.165, 1.54) is 0 Å². The molecule has 4 nitrogen and oxygen atoms in total. The molecular formula is C7H14N2O2. The van der Waals surface area contributed by atoms with E-state index in [0.29, 0.717) is 26.3 Å². The maximum atomic E-state index is 9.90. The van der Waals surface area contributed by atoms with Crippen LogP contribution in [0.1, 0.15) is 6.42 Å². The molecule has 0 saturated carbocycles. The molecule has 2 fully saturated rings. The predicted octanol–water partition coefficient (Wildman–Crippen LogP) is -1.56. The van der Waals surface area contributed by atoms with E-state index in [9.17, 15) is 5.11 Å². The lowest BCUT2D eigenvalue weighted by atomic mass is 9.75. The molecule has 2 saturated heterocycles. The molecule has 2 heterocycles. The summed E-state index contributed by atoms with van der Waals surface area (Å²) in [5.41, 5.74) is 4.76. The smallest absolute Gasteiger partial charge is 0.110 e. The minimum absolute atomic E-state index is 0.491. The Labute approximate surface area is 65.7 Å². The fraction of sp³-hybridized carbons (Fsp3) is 1.00. The zero-order chi connectivity index (χ0) is 7.95. The lowest BCUT2D eigenvalue weighted by Crippen LogP contribution is -2.75. The summed E-state index contributed by atoms with van der Waals surface area (Å²) in [6.07, 6.45) is 0.769. The number of rotatable bonds is 1. The lowest BCUT2D eigenvalue weighted by molar-refractivity contribution is -0.0775. The van der Waals surface area contributed by atoms with Crippen LogP contribution in [0, 0.1) is 0 Å². The number of nitrogens with one attached hydrogen (secondary N) is 1. The summed E-state index contributed by atoms with van der Waals surface area (Å²) in [6.45, 7) is 2.38. The van der Waals surface area contributed by atoms with Gasteiger partial charge < -0.3 is 20.9 Å². The number of aliphatic hydroxyl groups is 1. The van der Waals surface area contributed by atoms with E-state index in [-0.39, 0.29) is 0 Å². The highest BCUT2D eigenvalue weighted by Gasteiger charge is 2.53. The normalized spacial score (nSPS) is 42.0. The van der Waals surface area contributed by atoms with Crippen LogP contribution in [-0.4, -0.2) is 42.5 Å². The number of nitrogens with two attached hydrogens (primary N) is 1. The molecule has 2 rings (SSSR count). The van der Waals surface area contributed by atoms with Gasteiger partial charge >= 0.3 is 0 Å². The van der Waals surface area contributed by atoms with Crippen LogP contribution in [0.2, 0.25) is 0 Å². The summed E-state index contributed by atoms with van der Waals surface area (Å²) >= 11 is 0. The third-order valence-corrected chi connectivity index (χ3v) is 2.81. The van der Waals surface area contributed by atoms with E-state index < -0.39 is 11.1 Å². The van der Waals surface area contributed by atoms with E-state index in [4.69, 9.17) is 10.5 Å². The Balaban J connectivity index is 2.11. The largest absolute Gasteiger partial charge is 0.385 e. The highest BCUT2D eigenvalue weighted by atomic mass is 16.5. The van der Waals surface area contributed by atoms with Crippen LogP contribution in [0.5, 0.6) is 0 Å². The van der Waals surface area contributed by atoms with Crippen molar-refractivity contribution in [2.24, 2.45) is 5.73 Å². The van der Waals surface area contributed by atoms with Crippen molar-refractivity contribution in [3.8, 4) is 0 Å². The van der Waals surface area contributed by atoms with Gasteiger partial charge in [-0.15, -0.1) is 0 Å². The van der Waals surface area contributed by atoms with Gasteiger partial charge in [0.05, 0.1) is 12.1 Å². The predicted molar refractivity (Wildman–Crippen MR) is 40.2 cm³/mol. The second-order valence-corrected chi connectivity index (χ2v) is 3.59. The van der Waals surface area contributed by atoms with Gasteiger partial charge in [-0.25, -0.2) is 0 Å². The van der Waals surface area contributed by atoms with Gasteiger partial charge in [-0.3, -0.25) is 0 Å². The first kappa shape index (κ1) is 7.49. The molecule has 0 aliphatic carbocycles. The minimum Gasteiger partial charge on any atom is -0.385 e. The Morgan fingerprint density at radius 1 is 1.45 bits per heavy atom. The SMILES string of the molecule is NC1(C2(O)CNC2)CCOC1. The second-order valence-electron chi connectivity index (χ2n) is 3.59. The first-order chi connectivity index (χ1) is 5.16. The second kappa shape index (κ2) is 2.17. The number of β-amino-alcohol motifs (C(OH)–C–C–N with tert-alkyl or cyclic N) is 1. The molecule has 4 N–H and O–H groups in total. The Morgan fingerprint density at radius 3 is 2.55 bits per heavy atom. The fourth-order valence-corrected chi connectivity index (χ4v) is 1.66. The molecule has 0 aromatic heterocycles. The Hall–Kier alpha value is -0.160. The van der Waals surface area contributed by atoms with E-state index >= 15 is 0 Å². The van der Waals surface area contributed by atoms with Crippen LogP contribution in [0.25, 0.3) is 0 Å². The van der Waals surface area contributed by atoms with Gasteiger partial charge in [0.15, 0.2) is 0 Å². The van der Waals surface area contributed by atoms with Crippen molar-refractivity contribution in [3.05, 3.63) is 0 Å². The van der Waals surface area contributed by atoms with E-state index in [0.717, 1.165) is 6.42 Å². The average molecular weight is 158 g/mol. The Bertz CT molecular complexity index is 162. The molecule has 0 amide bonds. The first-order valence-corrected chi connectivity index (χ1v) is 3.96. The third kappa shape index (κ3) is 0.906. The van der Waals surface area contributed by atoms with E-state index in [2.05, 4.69) is 5.32 Å². The molecule has 0 radical (unpaired) electrons. The van der Waals surface area contributed by atoms with Gasteiger partial charge in [-0.05, 0) is 6.42 Å². The van der Waals surface area contributed by atoms with Crippen molar-refractivity contribution in [1.82, 2.24) is 5.32 Å². The lowest BCUT2D eigenvalue weighted by Gasteiger charge is -2.48. The molecule has 11 heavy (non-hydrogen) atoms. The Morgan fingerprint density at radius 2 is 2.18 bits per heavy atom. The summed E-state index contributed by atoms with van der Waals surface area (Å²) in [5, 5.41) is 12.9. The summed E-state index contributed by atoms with van der Waals surface area (Å²) < 4.78 is 5.17. The van der Waals surface area contributed by atoms with Crippen LogP contribution in [0.3, 0.4) is 0 Å². The van der Waals surface area contributed by atoms with Crippen LogP contribution >= 0.6 is 0 Å². The molecular weight excluding hydrogens is 144 g/mol. The Kier molecular flexibility index (Phi) is 1.47. The van der Waals surface area contributed by atoms with Crippen molar-refractivity contribution in [2.45, 2.75) is 17.6 Å². The van der Waals surface area contributed by atoms with Crippen molar-refractivity contribution < 1.29 is 9.84 Å². The quantitative estimate of drug-likeness (QED) is 0.431. The molecule has 0 aromatic carbocycles. The van der Waals surface area contributed by atoms with Gasteiger partial charge in [0.2, 0.25) is 0 Å². The maximum absolute atomic E-state index is 9.90. The summed E-state index contributed by atoms with van der Waals surface area (Å²) in [4.78, 5) is 0. The molecule has 1 unspecified atom stereocenters.